The van der Waals surface area contributed by atoms with Gasteiger partial charge < -0.3 is 25.7 Å². The smallest absolute Gasteiger partial charge is 0.366 e. The summed E-state index contributed by atoms with van der Waals surface area (Å²) in [5.41, 5.74) is 15.8. The van der Waals surface area contributed by atoms with Crippen LogP contribution < -0.4 is 63.7 Å². The standard InChI is InChI=1S/2C30H24P2.2C29H16.4Au/c2*1-5-15-25(16-6-1)31(26-17-7-2-8-18-26)29-23-13-14-24-30(29)32(27-19-9-3-10-20-27)28-21-11-4-12-22-28;2*1-3-21-15-17-25-26-18-16-22(4-2)20-28(26)29(27(25)19-21,23-11-7-5-8-12-23)24-13-9-6-10-14-24;;;;/h2*1-24H;2*5-20H;;;;/q;;2*-2;4*+1/p+4. The van der Waals surface area contributed by atoms with Gasteiger partial charge in [-0.1, -0.05) is 315 Å². The predicted octanol–water partition coefficient (Wildman–Crippen LogP) is 21.2. The number of rotatable bonds is 16. The Morgan fingerprint density at radius 1 is 0.159 bits per heavy atom. The molecule has 0 amide bonds. The van der Waals surface area contributed by atoms with Gasteiger partial charge in [-0.3, -0.25) is 23.7 Å². The first kappa shape index (κ1) is 92.5. The van der Waals surface area contributed by atoms with Gasteiger partial charge in [0, 0.05) is 0 Å². The number of fused-ring (bicyclic) bond motifs is 6. The first-order valence-electron chi connectivity index (χ1n) is 41.0. The maximum Gasteiger partial charge on any atom is 1.00 e. The molecule has 0 saturated carbocycles. The first-order valence-corrected chi connectivity index (χ1v) is 47.0. The van der Waals surface area contributed by atoms with Crippen LogP contribution in [-0.2, 0) is 100 Å². The molecule has 126 heavy (non-hydrogen) atoms. The zero-order chi connectivity index (χ0) is 82.9. The Bertz CT molecular complexity index is 5800. The van der Waals surface area contributed by atoms with Crippen molar-refractivity contribution in [3.63, 3.8) is 0 Å². The van der Waals surface area contributed by atoms with E-state index in [0.29, 0.717) is 0 Å². The van der Waals surface area contributed by atoms with Crippen molar-refractivity contribution in [1.29, 1.82) is 0 Å². The Morgan fingerprint density at radius 2 is 0.294 bits per heavy atom. The summed E-state index contributed by atoms with van der Waals surface area (Å²) < 4.78 is 0. The average Bonchev–Trinajstić information content (AvgIpc) is 1.54. The third-order valence-corrected chi connectivity index (χ3v) is 34.8. The Balaban J connectivity index is 0.000000143. The zero-order valence-corrected chi connectivity index (χ0v) is 81.1. The number of benzene rings is 18. The molecule has 2 aliphatic carbocycles. The summed E-state index contributed by atoms with van der Waals surface area (Å²) in [6.45, 7) is 0. The molecule has 0 heterocycles. The third kappa shape index (κ3) is 19.3. The predicted molar refractivity (Wildman–Crippen MR) is 526 cm³/mol. The van der Waals surface area contributed by atoms with E-state index in [0.717, 1.165) is 89.0 Å². The van der Waals surface area contributed by atoms with E-state index in [1.165, 1.54) is 63.7 Å². The topological polar surface area (TPSA) is 0 Å². The summed E-state index contributed by atoms with van der Waals surface area (Å²) in [4.78, 5) is 0. The second kappa shape index (κ2) is 44.4. The molecule has 0 aliphatic heterocycles. The molecule has 0 N–H and O–H groups in total. The third-order valence-electron chi connectivity index (χ3n) is 23.1. The first-order chi connectivity index (χ1) is 60.4. The Hall–Kier alpha value is -11.1. The van der Waals surface area contributed by atoms with Crippen molar-refractivity contribution >= 4 is 95.3 Å². The molecule has 0 saturated heterocycles. The largest absolute Gasteiger partial charge is 1.00 e. The van der Waals surface area contributed by atoms with Crippen molar-refractivity contribution in [1.82, 2.24) is 0 Å². The van der Waals surface area contributed by atoms with Crippen LogP contribution in [0.3, 0.4) is 0 Å². The fourth-order valence-corrected chi connectivity index (χ4v) is 29.9. The van der Waals surface area contributed by atoms with Crippen LogP contribution in [0.1, 0.15) is 66.8 Å². The molecule has 18 aromatic carbocycles. The van der Waals surface area contributed by atoms with Gasteiger partial charge in [-0.05, 0) is 188 Å². The van der Waals surface area contributed by atoms with Gasteiger partial charge in [0.15, 0.2) is 0 Å². The molecule has 0 aromatic heterocycles. The van der Waals surface area contributed by atoms with Crippen LogP contribution in [-0.4, -0.2) is 0 Å². The molecule has 0 unspecified atom stereocenters. The molecular formula is C118H84Au4P4+4. The monoisotopic (exact) mass is 2410 g/mol. The van der Waals surface area contributed by atoms with Crippen LogP contribution >= 0.6 is 31.7 Å². The molecule has 18 aromatic rings. The van der Waals surface area contributed by atoms with Gasteiger partial charge in [-0.2, -0.15) is 0 Å². The fourth-order valence-electron chi connectivity index (χ4n) is 17.9. The molecular weight excluding hydrogens is 2330 g/mol. The second-order valence-electron chi connectivity index (χ2n) is 30.0. The summed E-state index contributed by atoms with van der Waals surface area (Å²) in [6.07, 6.45) is 30.7. The summed E-state index contributed by atoms with van der Waals surface area (Å²) >= 11 is 0. The van der Waals surface area contributed by atoms with Gasteiger partial charge in [-0.25, -0.2) is 0 Å². The van der Waals surface area contributed by atoms with E-state index >= 15 is 0 Å². The number of hydrogen-bond donors (Lipinski definition) is 0. The molecule has 0 atom stereocenters. The van der Waals surface area contributed by atoms with E-state index in [4.69, 9.17) is 25.7 Å². The minimum atomic E-state index is -1.14. The van der Waals surface area contributed by atoms with Crippen molar-refractivity contribution < 1.29 is 89.5 Å². The van der Waals surface area contributed by atoms with Crippen molar-refractivity contribution in [2.75, 3.05) is 0 Å². The SMILES string of the molecule is [Au+].[Au+].[Au+].[Au+].[C-]#Cc1ccc2c(c1)C(c1ccccc1)(c1ccccc1)c1cc(C#[C-])ccc1-2.[C-]#Cc1ccc2c(c1)C(c1ccccc1)(c1ccccc1)c1cc(C#[C-])ccc1-2.c1ccc([PH+](c2ccccc2)c2ccccc2[PH+](c2ccccc2)c2ccccc2)cc1.c1ccc([PH+](c2ccccc2)c2ccccc2[PH+](c2ccccc2)c2ccccc2)cc1. The van der Waals surface area contributed by atoms with Gasteiger partial charge in [0.2, 0.25) is 0 Å². The van der Waals surface area contributed by atoms with E-state index < -0.39 is 42.5 Å². The average molecular weight is 2410 g/mol. The maximum absolute atomic E-state index is 7.69. The fraction of sp³-hybridized carbons (Fsp3) is 0.0169. The Labute approximate surface area is 811 Å². The molecule has 0 bridgehead atoms. The van der Waals surface area contributed by atoms with E-state index in [1.54, 1.807) is 0 Å². The van der Waals surface area contributed by atoms with E-state index in [2.05, 4.69) is 460 Å². The van der Waals surface area contributed by atoms with E-state index in [1.807, 2.05) is 48.5 Å². The van der Waals surface area contributed by atoms with Gasteiger partial charge in [0.25, 0.3) is 0 Å². The second-order valence-corrected chi connectivity index (χ2v) is 39.8. The minimum Gasteiger partial charge on any atom is -0.366 e. The molecule has 0 spiro atoms. The molecule has 2 aliphatic rings. The van der Waals surface area contributed by atoms with Gasteiger partial charge in [0.1, 0.15) is 95.3 Å². The minimum absolute atomic E-state index is 0. The zero-order valence-electron chi connectivity index (χ0n) is 68.4. The summed E-state index contributed by atoms with van der Waals surface area (Å²) in [5, 5.41) is 17.4. The van der Waals surface area contributed by atoms with Crippen LogP contribution in [0.2, 0.25) is 0 Å². The molecule has 0 radical (unpaired) electrons. The van der Waals surface area contributed by atoms with E-state index in [-0.39, 0.29) is 89.5 Å². The summed E-state index contributed by atoms with van der Waals surface area (Å²) in [5.74, 6) is 10.2. The Kier molecular flexibility index (Phi) is 32.6. The summed E-state index contributed by atoms with van der Waals surface area (Å²) in [6, 6.07) is 173. The van der Waals surface area contributed by atoms with Gasteiger partial charge in [-0.15, -0.1) is 70.8 Å². The van der Waals surface area contributed by atoms with Crippen LogP contribution in [0.15, 0.2) is 485 Å². The van der Waals surface area contributed by atoms with E-state index in [9.17, 15) is 0 Å². The van der Waals surface area contributed by atoms with Crippen molar-refractivity contribution in [2.24, 2.45) is 0 Å². The summed E-state index contributed by atoms with van der Waals surface area (Å²) in [7, 11) is -4.56. The quantitative estimate of drug-likeness (QED) is 0.0391. The van der Waals surface area contributed by atoms with Crippen molar-refractivity contribution in [3.8, 4) is 45.9 Å². The molecule has 616 valence electrons. The van der Waals surface area contributed by atoms with Gasteiger partial charge in [0.05, 0.1) is 10.8 Å². The van der Waals surface area contributed by atoms with Crippen molar-refractivity contribution in [3.05, 3.63) is 578 Å². The maximum atomic E-state index is 7.69. The molecule has 20 rings (SSSR count). The van der Waals surface area contributed by atoms with Crippen LogP contribution in [0.25, 0.3) is 22.3 Å². The normalized spacial score (nSPS) is 11.6. The Morgan fingerprint density at radius 3 is 0.437 bits per heavy atom. The van der Waals surface area contributed by atoms with Crippen LogP contribution in [0, 0.1) is 49.4 Å². The number of hydrogen-bond acceptors (Lipinski definition) is 0. The van der Waals surface area contributed by atoms with Crippen LogP contribution in [0.5, 0.6) is 0 Å². The van der Waals surface area contributed by atoms with Crippen molar-refractivity contribution in [2.45, 2.75) is 10.8 Å². The molecule has 8 heteroatoms. The molecule has 0 nitrogen and oxygen atoms in total. The molecule has 0 fully saturated rings. The van der Waals surface area contributed by atoms with Crippen LogP contribution in [0.4, 0.5) is 0 Å². The van der Waals surface area contributed by atoms with Gasteiger partial charge >= 0.3 is 89.5 Å².